The number of nitrogens with zero attached hydrogens (tertiary/aromatic N) is 4. The Labute approximate surface area is 206 Å². The summed E-state index contributed by atoms with van der Waals surface area (Å²) in [6.45, 7) is 0. The van der Waals surface area contributed by atoms with E-state index in [1.54, 1.807) is 0 Å². The minimum absolute atomic E-state index is 0.822. The van der Waals surface area contributed by atoms with Crippen LogP contribution in [0.4, 0.5) is 0 Å². The maximum absolute atomic E-state index is 6.17. The van der Waals surface area contributed by atoms with Crippen molar-refractivity contribution in [3.05, 3.63) is 109 Å². The number of rotatable bonds is 2. The van der Waals surface area contributed by atoms with Gasteiger partial charge in [-0.25, -0.2) is 9.97 Å². The molecule has 168 valence electrons. The van der Waals surface area contributed by atoms with E-state index in [2.05, 4.69) is 70.2 Å². The molecule has 0 bridgehead atoms. The Morgan fingerprint density at radius 3 is 2.28 bits per heavy atom. The monoisotopic (exact) mass is 462 g/mol. The molecule has 0 fully saturated rings. The molecule has 5 nitrogen and oxygen atoms in total. The zero-order valence-electron chi connectivity index (χ0n) is 19.1. The third-order valence-electron chi connectivity index (χ3n) is 6.84. The van der Waals surface area contributed by atoms with Crippen LogP contribution < -0.4 is 4.74 Å². The number of para-hydroxylation sites is 3. The predicted octanol–water partition coefficient (Wildman–Crippen LogP) is 7.56. The van der Waals surface area contributed by atoms with E-state index in [-0.39, 0.29) is 0 Å². The van der Waals surface area contributed by atoms with Crippen molar-refractivity contribution in [2.45, 2.75) is 0 Å². The first kappa shape index (κ1) is 19.3. The van der Waals surface area contributed by atoms with Gasteiger partial charge in [-0.1, -0.05) is 66.7 Å². The molecule has 0 N–H and O–H groups in total. The average molecular weight is 463 g/mol. The van der Waals surface area contributed by atoms with Crippen molar-refractivity contribution in [3.8, 4) is 39.8 Å². The summed E-state index contributed by atoms with van der Waals surface area (Å²) in [6.07, 6.45) is 1.82. The Bertz CT molecular complexity index is 1970. The summed E-state index contributed by atoms with van der Waals surface area (Å²) in [5.74, 6) is 2.54. The number of fused-ring (bicyclic) bond motifs is 5. The lowest BCUT2D eigenvalue weighted by Gasteiger charge is -2.20. The molecule has 0 atom stereocenters. The SMILES string of the molecule is c1ccc2c(c1)Oc1cccc3nc(-c4ccc(-c5ccc6ccc7cccnc7c6n5)cc4)n-2c13. The van der Waals surface area contributed by atoms with Crippen LogP contribution in [-0.4, -0.2) is 19.5 Å². The van der Waals surface area contributed by atoms with Crippen molar-refractivity contribution >= 4 is 32.8 Å². The fourth-order valence-electron chi connectivity index (χ4n) is 5.13. The van der Waals surface area contributed by atoms with Crippen LogP contribution in [0.15, 0.2) is 109 Å². The number of hydrogen-bond acceptors (Lipinski definition) is 4. The molecule has 8 rings (SSSR count). The van der Waals surface area contributed by atoms with E-state index in [1.165, 1.54) is 0 Å². The normalized spacial score (nSPS) is 12.1. The Balaban J connectivity index is 1.27. The van der Waals surface area contributed by atoms with Crippen LogP contribution in [0.1, 0.15) is 0 Å². The molecule has 0 amide bonds. The Morgan fingerprint density at radius 2 is 1.36 bits per heavy atom. The van der Waals surface area contributed by atoms with Gasteiger partial charge in [0.2, 0.25) is 0 Å². The second kappa shape index (κ2) is 7.23. The molecule has 0 unspecified atom stereocenters. The van der Waals surface area contributed by atoms with E-state index in [0.29, 0.717) is 0 Å². The van der Waals surface area contributed by atoms with E-state index in [9.17, 15) is 0 Å². The summed E-state index contributed by atoms with van der Waals surface area (Å²) in [4.78, 5) is 14.6. The third-order valence-corrected chi connectivity index (χ3v) is 6.84. The maximum Gasteiger partial charge on any atom is 0.153 e. The fraction of sp³-hybridized carbons (Fsp3) is 0. The van der Waals surface area contributed by atoms with Gasteiger partial charge in [0, 0.05) is 28.1 Å². The van der Waals surface area contributed by atoms with Crippen molar-refractivity contribution < 1.29 is 4.74 Å². The molecule has 4 aromatic carbocycles. The highest BCUT2D eigenvalue weighted by Crippen LogP contribution is 2.43. The Morgan fingerprint density at radius 1 is 0.583 bits per heavy atom. The molecule has 0 saturated heterocycles. The van der Waals surface area contributed by atoms with Crippen LogP contribution >= 0.6 is 0 Å². The van der Waals surface area contributed by atoms with E-state index in [0.717, 1.165) is 72.7 Å². The molecule has 4 heterocycles. The van der Waals surface area contributed by atoms with Gasteiger partial charge in [-0.3, -0.25) is 9.55 Å². The smallest absolute Gasteiger partial charge is 0.153 e. The standard InChI is InChI=1S/C31H18N4O/c1-2-8-26-25(7-1)35-30-24(6-3-9-27(30)36-26)34-31(35)22-14-10-19(11-15-22)23-17-16-21-13-12-20-5-4-18-32-28(20)29(21)33-23/h1-18H. The molecule has 0 aliphatic carbocycles. The van der Waals surface area contributed by atoms with Gasteiger partial charge in [-0.05, 0) is 36.4 Å². The molecular formula is C31H18N4O. The number of aromatic nitrogens is 4. The zero-order valence-corrected chi connectivity index (χ0v) is 19.1. The molecule has 5 heteroatoms. The number of ether oxygens (including phenoxy) is 1. The van der Waals surface area contributed by atoms with Crippen LogP contribution in [-0.2, 0) is 0 Å². The van der Waals surface area contributed by atoms with Crippen molar-refractivity contribution in [2.75, 3.05) is 0 Å². The summed E-state index contributed by atoms with van der Waals surface area (Å²) in [7, 11) is 0. The highest BCUT2D eigenvalue weighted by Gasteiger charge is 2.24. The van der Waals surface area contributed by atoms with Crippen LogP contribution in [0.5, 0.6) is 11.5 Å². The molecule has 0 radical (unpaired) electrons. The molecule has 1 aliphatic rings. The second-order valence-electron chi connectivity index (χ2n) is 8.95. The predicted molar refractivity (Wildman–Crippen MR) is 143 cm³/mol. The van der Waals surface area contributed by atoms with Gasteiger partial charge in [0.15, 0.2) is 11.5 Å². The first-order chi connectivity index (χ1) is 17.8. The first-order valence-corrected chi connectivity index (χ1v) is 11.9. The van der Waals surface area contributed by atoms with Crippen molar-refractivity contribution in [1.29, 1.82) is 0 Å². The number of hydrogen-bond donors (Lipinski definition) is 0. The Hall–Kier alpha value is -5.03. The van der Waals surface area contributed by atoms with Crippen LogP contribution in [0.25, 0.3) is 61.2 Å². The molecule has 0 saturated carbocycles. The summed E-state index contributed by atoms with van der Waals surface area (Å²) in [5.41, 5.74) is 7.74. The van der Waals surface area contributed by atoms with Gasteiger partial charge in [0.25, 0.3) is 0 Å². The van der Waals surface area contributed by atoms with Crippen molar-refractivity contribution in [2.24, 2.45) is 0 Å². The summed E-state index contributed by atoms with van der Waals surface area (Å²) in [5, 5.41) is 2.18. The molecule has 3 aromatic heterocycles. The maximum atomic E-state index is 6.17. The first-order valence-electron chi connectivity index (χ1n) is 11.9. The minimum Gasteiger partial charge on any atom is -0.453 e. The average Bonchev–Trinajstić information content (AvgIpc) is 3.34. The lowest BCUT2D eigenvalue weighted by atomic mass is 10.1. The fourth-order valence-corrected chi connectivity index (χ4v) is 5.13. The zero-order chi connectivity index (χ0) is 23.6. The van der Waals surface area contributed by atoms with Crippen molar-refractivity contribution in [3.63, 3.8) is 0 Å². The third kappa shape index (κ3) is 2.74. The van der Waals surface area contributed by atoms with E-state index in [1.807, 2.05) is 48.7 Å². The van der Waals surface area contributed by atoms with Crippen LogP contribution in [0.2, 0.25) is 0 Å². The minimum atomic E-state index is 0.822. The molecule has 1 aliphatic heterocycles. The molecular weight excluding hydrogens is 444 g/mol. The van der Waals surface area contributed by atoms with Gasteiger partial charge in [0.1, 0.15) is 11.3 Å². The number of pyridine rings is 2. The van der Waals surface area contributed by atoms with E-state index in [4.69, 9.17) is 14.7 Å². The van der Waals surface area contributed by atoms with Gasteiger partial charge in [-0.15, -0.1) is 0 Å². The number of imidazole rings is 1. The number of benzene rings is 4. The molecule has 36 heavy (non-hydrogen) atoms. The quantitative estimate of drug-likeness (QED) is 0.249. The molecule has 7 aromatic rings. The second-order valence-corrected chi connectivity index (χ2v) is 8.95. The van der Waals surface area contributed by atoms with Crippen molar-refractivity contribution in [1.82, 2.24) is 19.5 Å². The highest BCUT2D eigenvalue weighted by atomic mass is 16.5. The highest BCUT2D eigenvalue weighted by molar-refractivity contribution is 6.03. The van der Waals surface area contributed by atoms with Gasteiger partial charge < -0.3 is 4.74 Å². The lowest BCUT2D eigenvalue weighted by molar-refractivity contribution is 0.476. The van der Waals surface area contributed by atoms with Gasteiger partial charge in [0.05, 0.1) is 27.9 Å². The summed E-state index contributed by atoms with van der Waals surface area (Å²) in [6, 6.07) is 35.0. The van der Waals surface area contributed by atoms with Crippen LogP contribution in [0, 0.1) is 0 Å². The van der Waals surface area contributed by atoms with Crippen LogP contribution in [0.3, 0.4) is 0 Å². The lowest BCUT2D eigenvalue weighted by Crippen LogP contribution is -2.05. The topological polar surface area (TPSA) is 52.8 Å². The largest absolute Gasteiger partial charge is 0.453 e. The summed E-state index contributed by atoms with van der Waals surface area (Å²) >= 11 is 0. The van der Waals surface area contributed by atoms with Gasteiger partial charge >= 0.3 is 0 Å². The van der Waals surface area contributed by atoms with Gasteiger partial charge in [-0.2, -0.15) is 0 Å². The van der Waals surface area contributed by atoms with E-state index >= 15 is 0 Å². The molecule has 0 spiro atoms. The van der Waals surface area contributed by atoms with E-state index < -0.39 is 0 Å². The Kier molecular flexibility index (Phi) is 3.88. The summed E-state index contributed by atoms with van der Waals surface area (Å²) < 4.78 is 8.37.